The van der Waals surface area contributed by atoms with Crippen molar-refractivity contribution in [1.29, 1.82) is 0 Å². The van der Waals surface area contributed by atoms with Gasteiger partial charge in [-0.2, -0.15) is 0 Å². The van der Waals surface area contributed by atoms with Gasteiger partial charge in [0.1, 0.15) is 16.8 Å². The van der Waals surface area contributed by atoms with Gasteiger partial charge in [0, 0.05) is 17.5 Å². The molecular formula is C14H20ClN3. The molecule has 0 spiro atoms. The van der Waals surface area contributed by atoms with Gasteiger partial charge in [-0.05, 0) is 44.9 Å². The second-order valence-corrected chi connectivity index (χ2v) is 6.24. The molecule has 4 heteroatoms. The van der Waals surface area contributed by atoms with E-state index in [1.54, 1.807) is 0 Å². The van der Waals surface area contributed by atoms with E-state index in [-0.39, 0.29) is 0 Å². The highest BCUT2D eigenvalue weighted by molar-refractivity contribution is 6.30. The van der Waals surface area contributed by atoms with E-state index in [9.17, 15) is 0 Å². The standard InChI is InChI=1S/C14H20ClN3/c1-8-3-6-11(7-8)16-13-9(2)12(15)17-14(18-13)10-4-5-10/h8,10-11H,3-7H2,1-2H3,(H,16,17,18). The summed E-state index contributed by atoms with van der Waals surface area (Å²) in [4.78, 5) is 9.08. The number of rotatable bonds is 3. The fourth-order valence-corrected chi connectivity index (χ4v) is 2.88. The number of nitrogens with zero attached hydrogens (tertiary/aromatic N) is 2. The molecular weight excluding hydrogens is 246 g/mol. The minimum absolute atomic E-state index is 0.547. The Hall–Kier alpha value is -0.830. The Balaban J connectivity index is 1.81. The Kier molecular flexibility index (Phi) is 3.18. The van der Waals surface area contributed by atoms with Crippen LogP contribution in [-0.2, 0) is 0 Å². The van der Waals surface area contributed by atoms with Crippen LogP contribution in [0, 0.1) is 12.8 Å². The van der Waals surface area contributed by atoms with Crippen molar-refractivity contribution < 1.29 is 0 Å². The van der Waals surface area contributed by atoms with E-state index >= 15 is 0 Å². The molecule has 1 aromatic rings. The van der Waals surface area contributed by atoms with Crippen LogP contribution in [0.1, 0.15) is 56.3 Å². The van der Waals surface area contributed by atoms with Crippen LogP contribution in [0.2, 0.25) is 5.15 Å². The lowest BCUT2D eigenvalue weighted by Crippen LogP contribution is -2.18. The number of halogens is 1. The topological polar surface area (TPSA) is 37.8 Å². The smallest absolute Gasteiger partial charge is 0.137 e. The Morgan fingerprint density at radius 2 is 1.94 bits per heavy atom. The fraction of sp³-hybridized carbons (Fsp3) is 0.714. The molecule has 1 N–H and O–H groups in total. The molecule has 98 valence electrons. The molecule has 1 heterocycles. The lowest BCUT2D eigenvalue weighted by molar-refractivity contribution is 0.602. The molecule has 2 fully saturated rings. The number of hydrogen-bond donors (Lipinski definition) is 1. The first-order valence-corrected chi connectivity index (χ1v) is 7.32. The third-order valence-electron chi connectivity index (χ3n) is 4.08. The van der Waals surface area contributed by atoms with Crippen molar-refractivity contribution in [2.24, 2.45) is 5.92 Å². The van der Waals surface area contributed by atoms with Crippen molar-refractivity contribution in [3.05, 3.63) is 16.5 Å². The van der Waals surface area contributed by atoms with Gasteiger partial charge in [0.05, 0.1) is 0 Å². The van der Waals surface area contributed by atoms with Gasteiger partial charge >= 0.3 is 0 Å². The molecule has 0 amide bonds. The van der Waals surface area contributed by atoms with Crippen molar-refractivity contribution in [3.8, 4) is 0 Å². The minimum Gasteiger partial charge on any atom is -0.367 e. The molecule has 18 heavy (non-hydrogen) atoms. The highest BCUT2D eigenvalue weighted by atomic mass is 35.5. The monoisotopic (exact) mass is 265 g/mol. The predicted molar refractivity (Wildman–Crippen MR) is 74.2 cm³/mol. The molecule has 2 aliphatic carbocycles. The van der Waals surface area contributed by atoms with E-state index in [2.05, 4.69) is 22.2 Å². The van der Waals surface area contributed by atoms with E-state index in [0.29, 0.717) is 17.1 Å². The van der Waals surface area contributed by atoms with Gasteiger partial charge in [-0.1, -0.05) is 18.5 Å². The Morgan fingerprint density at radius 3 is 2.56 bits per heavy atom. The van der Waals surface area contributed by atoms with Crippen LogP contribution < -0.4 is 5.32 Å². The number of nitrogens with one attached hydrogen (secondary N) is 1. The maximum absolute atomic E-state index is 6.21. The van der Waals surface area contributed by atoms with Crippen LogP contribution in [0.15, 0.2) is 0 Å². The van der Waals surface area contributed by atoms with E-state index in [1.807, 2.05) is 6.92 Å². The number of hydrogen-bond acceptors (Lipinski definition) is 3. The van der Waals surface area contributed by atoms with Crippen molar-refractivity contribution in [1.82, 2.24) is 9.97 Å². The SMILES string of the molecule is Cc1c(Cl)nc(C2CC2)nc1NC1CCC(C)C1. The van der Waals surface area contributed by atoms with Gasteiger partial charge in [0.25, 0.3) is 0 Å². The molecule has 0 radical (unpaired) electrons. The molecule has 0 aliphatic heterocycles. The van der Waals surface area contributed by atoms with Gasteiger partial charge in [-0.15, -0.1) is 0 Å². The third-order valence-corrected chi connectivity index (χ3v) is 4.45. The zero-order valence-corrected chi connectivity index (χ0v) is 11.8. The summed E-state index contributed by atoms with van der Waals surface area (Å²) in [5, 5.41) is 4.18. The van der Waals surface area contributed by atoms with Crippen molar-refractivity contribution >= 4 is 17.4 Å². The van der Waals surface area contributed by atoms with Crippen LogP contribution in [0.25, 0.3) is 0 Å². The number of aromatic nitrogens is 2. The first kappa shape index (κ1) is 12.2. The summed E-state index contributed by atoms with van der Waals surface area (Å²) in [6, 6.07) is 0.553. The van der Waals surface area contributed by atoms with Gasteiger partial charge in [0.2, 0.25) is 0 Å². The maximum Gasteiger partial charge on any atom is 0.137 e. The van der Waals surface area contributed by atoms with Crippen molar-refractivity contribution in [2.75, 3.05) is 5.32 Å². The van der Waals surface area contributed by atoms with Gasteiger partial charge in [-0.3, -0.25) is 0 Å². The lowest BCUT2D eigenvalue weighted by atomic mass is 10.1. The normalized spacial score (nSPS) is 27.5. The van der Waals surface area contributed by atoms with Crippen LogP contribution >= 0.6 is 11.6 Å². The highest BCUT2D eigenvalue weighted by Gasteiger charge is 2.29. The Labute approximate surface area is 113 Å². The zero-order valence-electron chi connectivity index (χ0n) is 11.0. The molecule has 3 nitrogen and oxygen atoms in total. The minimum atomic E-state index is 0.547. The molecule has 3 rings (SSSR count). The summed E-state index contributed by atoms with van der Waals surface area (Å²) < 4.78 is 0. The van der Waals surface area contributed by atoms with Gasteiger partial charge in [-0.25, -0.2) is 9.97 Å². The van der Waals surface area contributed by atoms with Crippen LogP contribution in [-0.4, -0.2) is 16.0 Å². The average molecular weight is 266 g/mol. The molecule has 0 saturated heterocycles. The molecule has 0 bridgehead atoms. The average Bonchev–Trinajstić information content (AvgIpc) is 3.10. The fourth-order valence-electron chi connectivity index (χ4n) is 2.70. The lowest BCUT2D eigenvalue weighted by Gasteiger charge is -2.16. The van der Waals surface area contributed by atoms with E-state index in [1.165, 1.54) is 32.1 Å². The third kappa shape index (κ3) is 2.46. The maximum atomic E-state index is 6.21. The summed E-state index contributed by atoms with van der Waals surface area (Å²) in [5.41, 5.74) is 0.987. The van der Waals surface area contributed by atoms with Crippen LogP contribution in [0.3, 0.4) is 0 Å². The summed E-state index contributed by atoms with van der Waals surface area (Å²) in [7, 11) is 0. The Bertz CT molecular complexity index is 457. The van der Waals surface area contributed by atoms with Crippen molar-refractivity contribution in [2.45, 2.75) is 57.9 Å². The molecule has 0 aromatic carbocycles. The highest BCUT2D eigenvalue weighted by Crippen LogP contribution is 2.39. The molecule has 1 aromatic heterocycles. The zero-order chi connectivity index (χ0) is 12.7. The quantitative estimate of drug-likeness (QED) is 0.842. The first-order valence-electron chi connectivity index (χ1n) is 6.94. The van der Waals surface area contributed by atoms with Crippen molar-refractivity contribution in [3.63, 3.8) is 0 Å². The van der Waals surface area contributed by atoms with Gasteiger partial charge in [0.15, 0.2) is 0 Å². The van der Waals surface area contributed by atoms with Crippen LogP contribution in [0.5, 0.6) is 0 Å². The Morgan fingerprint density at radius 1 is 1.17 bits per heavy atom. The summed E-state index contributed by atoms with van der Waals surface area (Å²) in [5.74, 6) is 3.25. The first-order chi connectivity index (χ1) is 8.63. The van der Waals surface area contributed by atoms with Crippen LogP contribution in [0.4, 0.5) is 5.82 Å². The molecule has 2 unspecified atom stereocenters. The van der Waals surface area contributed by atoms with Gasteiger partial charge < -0.3 is 5.32 Å². The number of anilines is 1. The molecule has 2 saturated carbocycles. The summed E-state index contributed by atoms with van der Waals surface area (Å²) in [6.07, 6.45) is 6.20. The largest absolute Gasteiger partial charge is 0.367 e. The van der Waals surface area contributed by atoms with E-state index < -0.39 is 0 Å². The summed E-state index contributed by atoms with van der Waals surface area (Å²) in [6.45, 7) is 4.32. The summed E-state index contributed by atoms with van der Waals surface area (Å²) >= 11 is 6.21. The van der Waals surface area contributed by atoms with E-state index in [0.717, 1.165) is 23.1 Å². The molecule has 2 atom stereocenters. The second-order valence-electron chi connectivity index (χ2n) is 5.88. The molecule has 2 aliphatic rings. The second kappa shape index (κ2) is 4.69. The van der Waals surface area contributed by atoms with E-state index in [4.69, 9.17) is 11.6 Å². The predicted octanol–water partition coefficient (Wildman–Crippen LogP) is 3.92.